The number of aromatic nitrogens is 2. The maximum absolute atomic E-state index is 11.8. The van der Waals surface area contributed by atoms with Crippen LogP contribution in [0.4, 0.5) is 5.82 Å². The van der Waals surface area contributed by atoms with Gasteiger partial charge in [0, 0.05) is 11.6 Å². The molecule has 1 aromatic heterocycles. The Morgan fingerprint density at radius 3 is 2.54 bits per heavy atom. The van der Waals surface area contributed by atoms with Crippen LogP contribution in [0.2, 0.25) is 0 Å². The van der Waals surface area contributed by atoms with Crippen LogP contribution in [-0.2, 0) is 16.4 Å². The molecule has 1 aromatic carbocycles. The number of aryl methyl sites for hydroxylation is 1. The summed E-state index contributed by atoms with van der Waals surface area (Å²) in [6, 6.07) is 9.40. The topological polar surface area (TPSA) is 98.0 Å². The summed E-state index contributed by atoms with van der Waals surface area (Å²) in [4.78, 5) is 0.150. The van der Waals surface area contributed by atoms with Gasteiger partial charge in [-0.3, -0.25) is 0 Å². The average molecular weight is 375 g/mol. The summed E-state index contributed by atoms with van der Waals surface area (Å²) in [6.45, 7) is 4.17. The molecule has 0 aliphatic heterocycles. The zero-order valence-electron chi connectivity index (χ0n) is 15.3. The molecule has 1 saturated carbocycles. The Morgan fingerprint density at radius 1 is 1.15 bits per heavy atom. The maximum Gasteiger partial charge on any atom is 0.238 e. The largest absolute Gasteiger partial charge is 0.366 e. The van der Waals surface area contributed by atoms with Crippen molar-refractivity contribution in [3.63, 3.8) is 0 Å². The van der Waals surface area contributed by atoms with E-state index in [0.29, 0.717) is 35.2 Å². The van der Waals surface area contributed by atoms with E-state index < -0.39 is 10.0 Å². The molecule has 7 heteroatoms. The molecular formula is C19H26N4O2S. The molecule has 0 saturated heterocycles. The van der Waals surface area contributed by atoms with E-state index >= 15 is 0 Å². The summed E-state index contributed by atoms with van der Waals surface area (Å²) in [6.07, 6.45) is 5.53. The van der Waals surface area contributed by atoms with E-state index in [2.05, 4.69) is 22.4 Å². The normalized spacial score (nSPS) is 20.7. The highest BCUT2D eigenvalue weighted by Crippen LogP contribution is 2.27. The summed E-state index contributed by atoms with van der Waals surface area (Å²) in [7, 11) is -3.77. The number of nitrogens with zero attached hydrogens (tertiary/aromatic N) is 2. The first-order valence-electron chi connectivity index (χ1n) is 9.15. The molecule has 1 aliphatic carbocycles. The van der Waals surface area contributed by atoms with Gasteiger partial charge in [-0.1, -0.05) is 38.8 Å². The number of hydrogen-bond donors (Lipinski definition) is 2. The highest BCUT2D eigenvalue weighted by molar-refractivity contribution is 7.89. The molecule has 1 aliphatic rings. The third-order valence-electron chi connectivity index (χ3n) is 5.16. The van der Waals surface area contributed by atoms with Crippen molar-refractivity contribution >= 4 is 15.8 Å². The Kier molecular flexibility index (Phi) is 5.58. The van der Waals surface area contributed by atoms with Gasteiger partial charge in [0.2, 0.25) is 10.0 Å². The summed E-state index contributed by atoms with van der Waals surface area (Å²) in [5, 5.41) is 17.4. The number of sulfonamides is 1. The van der Waals surface area contributed by atoms with Gasteiger partial charge in [0.15, 0.2) is 0 Å². The van der Waals surface area contributed by atoms with Crippen molar-refractivity contribution in [3.05, 3.63) is 35.9 Å². The average Bonchev–Trinajstić information content (AvgIpc) is 2.63. The van der Waals surface area contributed by atoms with Crippen molar-refractivity contribution < 1.29 is 8.42 Å². The number of nitrogens with one attached hydrogen (secondary N) is 1. The number of anilines is 1. The Balaban J connectivity index is 1.82. The van der Waals surface area contributed by atoms with Gasteiger partial charge in [-0.2, -0.15) is 0 Å². The molecule has 26 heavy (non-hydrogen) atoms. The summed E-state index contributed by atoms with van der Waals surface area (Å²) < 4.78 is 23.7. The lowest BCUT2D eigenvalue weighted by Gasteiger charge is -2.29. The minimum absolute atomic E-state index is 0.150. The van der Waals surface area contributed by atoms with E-state index in [-0.39, 0.29) is 4.90 Å². The molecule has 0 radical (unpaired) electrons. The fourth-order valence-corrected chi connectivity index (χ4v) is 4.42. The number of hydrogen-bond acceptors (Lipinski definition) is 5. The van der Waals surface area contributed by atoms with Gasteiger partial charge in [0.1, 0.15) is 5.82 Å². The summed E-state index contributed by atoms with van der Waals surface area (Å²) >= 11 is 0. The smallest absolute Gasteiger partial charge is 0.238 e. The highest BCUT2D eigenvalue weighted by atomic mass is 32.2. The predicted octanol–water partition coefficient (Wildman–Crippen LogP) is 3.34. The monoisotopic (exact) mass is 374 g/mol. The molecule has 6 nitrogen and oxygen atoms in total. The van der Waals surface area contributed by atoms with Gasteiger partial charge in [-0.15, -0.1) is 10.2 Å². The van der Waals surface area contributed by atoms with Gasteiger partial charge in [0.25, 0.3) is 0 Å². The number of benzene rings is 1. The van der Waals surface area contributed by atoms with Gasteiger partial charge in [-0.05, 0) is 48.9 Å². The number of primary sulfonamides is 1. The van der Waals surface area contributed by atoms with Gasteiger partial charge in [-0.25, -0.2) is 13.6 Å². The minimum Gasteiger partial charge on any atom is -0.366 e. The maximum atomic E-state index is 11.8. The van der Waals surface area contributed by atoms with E-state index in [1.165, 1.54) is 19.3 Å². The van der Waals surface area contributed by atoms with Crippen LogP contribution >= 0.6 is 0 Å². The van der Waals surface area contributed by atoms with Crippen LogP contribution in [0.3, 0.4) is 0 Å². The first kappa shape index (κ1) is 18.8. The fraction of sp³-hybridized carbons (Fsp3) is 0.474. The second-order valence-electron chi connectivity index (χ2n) is 7.04. The van der Waals surface area contributed by atoms with E-state index in [9.17, 15) is 8.42 Å². The fourth-order valence-electron chi connectivity index (χ4n) is 3.55. The third-order valence-corrected chi connectivity index (χ3v) is 6.15. The van der Waals surface area contributed by atoms with Crippen molar-refractivity contribution in [3.8, 4) is 11.3 Å². The Hall–Kier alpha value is -1.99. The molecule has 3 N–H and O–H groups in total. The van der Waals surface area contributed by atoms with Crippen LogP contribution in [0.15, 0.2) is 35.2 Å². The van der Waals surface area contributed by atoms with Crippen LogP contribution in [0.25, 0.3) is 11.3 Å². The van der Waals surface area contributed by atoms with Crippen LogP contribution in [0.1, 0.15) is 45.1 Å². The summed E-state index contributed by atoms with van der Waals surface area (Å²) in [5.41, 5.74) is 2.02. The van der Waals surface area contributed by atoms with Crippen molar-refractivity contribution in [2.75, 3.05) is 5.32 Å². The third kappa shape index (κ3) is 4.22. The van der Waals surface area contributed by atoms with Crippen LogP contribution in [-0.4, -0.2) is 24.7 Å². The van der Waals surface area contributed by atoms with Crippen LogP contribution < -0.4 is 10.5 Å². The zero-order valence-corrected chi connectivity index (χ0v) is 16.1. The van der Waals surface area contributed by atoms with Crippen LogP contribution in [0.5, 0.6) is 0 Å². The first-order chi connectivity index (χ1) is 12.4. The van der Waals surface area contributed by atoms with E-state index in [1.807, 2.05) is 25.1 Å². The van der Waals surface area contributed by atoms with Crippen molar-refractivity contribution in [1.82, 2.24) is 10.2 Å². The molecule has 1 fully saturated rings. The second-order valence-corrected chi connectivity index (χ2v) is 8.57. The molecule has 0 amide bonds. The minimum atomic E-state index is -3.77. The van der Waals surface area contributed by atoms with E-state index in [4.69, 9.17) is 5.14 Å². The Labute approximate surface area is 155 Å². The molecule has 2 unspecified atom stereocenters. The van der Waals surface area contributed by atoms with Gasteiger partial charge >= 0.3 is 0 Å². The quantitative estimate of drug-likeness (QED) is 0.836. The van der Waals surface area contributed by atoms with E-state index in [1.54, 1.807) is 12.1 Å². The lowest BCUT2D eigenvalue weighted by molar-refractivity contribution is 0.349. The lowest BCUT2D eigenvalue weighted by atomic mass is 9.86. The molecule has 3 rings (SSSR count). The number of rotatable bonds is 5. The van der Waals surface area contributed by atoms with E-state index in [0.717, 1.165) is 12.2 Å². The molecule has 1 heterocycles. The molecule has 140 valence electrons. The molecule has 0 spiro atoms. The molecule has 0 bridgehead atoms. The molecular weight excluding hydrogens is 348 g/mol. The Bertz CT molecular complexity index is 866. The molecule has 2 atom stereocenters. The van der Waals surface area contributed by atoms with Crippen molar-refractivity contribution in [2.24, 2.45) is 11.1 Å². The highest BCUT2D eigenvalue weighted by Gasteiger charge is 2.21. The van der Waals surface area contributed by atoms with Gasteiger partial charge in [0.05, 0.1) is 10.6 Å². The predicted molar refractivity (Wildman–Crippen MR) is 103 cm³/mol. The zero-order chi connectivity index (χ0) is 18.7. The van der Waals surface area contributed by atoms with Crippen molar-refractivity contribution in [1.29, 1.82) is 0 Å². The van der Waals surface area contributed by atoms with Crippen LogP contribution in [0, 0.1) is 5.92 Å². The van der Waals surface area contributed by atoms with Gasteiger partial charge < -0.3 is 5.32 Å². The first-order valence-corrected chi connectivity index (χ1v) is 10.7. The molecule has 2 aromatic rings. The summed E-state index contributed by atoms with van der Waals surface area (Å²) in [5.74, 6) is 1.38. The number of nitrogens with two attached hydrogens (primary N) is 1. The standard InChI is InChI=1S/C19H26N4O2S/c1-3-14-8-9-15(12-18(14)26(20,24)25)17-10-11-19(23-22-17)21-16-7-5-4-6-13(16)2/h8-13,16H,3-7H2,1-2H3,(H,21,23)(H2,20,24,25). The lowest BCUT2D eigenvalue weighted by Crippen LogP contribution is -2.30. The Morgan fingerprint density at radius 2 is 1.92 bits per heavy atom. The van der Waals surface area contributed by atoms with Crippen molar-refractivity contribution in [2.45, 2.75) is 56.9 Å². The second kappa shape index (κ2) is 7.72. The SMILES string of the molecule is CCc1ccc(-c2ccc(NC3CCCCC3C)nn2)cc1S(N)(=O)=O.